The lowest BCUT2D eigenvalue weighted by molar-refractivity contribution is 0.620. The Labute approximate surface area is 100 Å². The van der Waals surface area contributed by atoms with Crippen LogP contribution in [0.15, 0.2) is 18.3 Å². The van der Waals surface area contributed by atoms with Crippen LogP contribution >= 0.6 is 11.8 Å². The number of anilines is 1. The van der Waals surface area contributed by atoms with Crippen molar-refractivity contribution in [3.8, 4) is 6.07 Å². The Morgan fingerprint density at radius 2 is 2.38 bits per heavy atom. The van der Waals surface area contributed by atoms with Gasteiger partial charge in [0.1, 0.15) is 5.82 Å². The molecule has 2 unspecified atom stereocenters. The zero-order valence-corrected chi connectivity index (χ0v) is 10.4. The highest BCUT2D eigenvalue weighted by molar-refractivity contribution is 8.00. The smallest absolute Gasteiger partial charge is 0.130 e. The first-order valence-corrected chi connectivity index (χ1v) is 6.51. The number of pyridine rings is 1. The van der Waals surface area contributed by atoms with Gasteiger partial charge in [-0.15, -0.1) is 0 Å². The summed E-state index contributed by atoms with van der Waals surface area (Å²) in [5, 5.41) is 9.49. The van der Waals surface area contributed by atoms with Gasteiger partial charge in [-0.2, -0.15) is 17.0 Å². The van der Waals surface area contributed by atoms with E-state index in [-0.39, 0.29) is 0 Å². The number of nitriles is 1. The standard InChI is InChI=1S/C12H15N3S/c1-9-10(2)16-6-5-15(9)12-7-11(8-13)3-4-14-12/h3-4,7,9-10H,5-6H2,1-2H3. The minimum Gasteiger partial charge on any atom is -0.352 e. The monoisotopic (exact) mass is 233 g/mol. The van der Waals surface area contributed by atoms with Gasteiger partial charge >= 0.3 is 0 Å². The molecule has 0 aliphatic carbocycles. The topological polar surface area (TPSA) is 39.9 Å². The van der Waals surface area contributed by atoms with Crippen LogP contribution in [0.1, 0.15) is 19.4 Å². The fourth-order valence-corrected chi connectivity index (χ4v) is 3.00. The summed E-state index contributed by atoms with van der Waals surface area (Å²) in [5.41, 5.74) is 0.683. The first-order valence-electron chi connectivity index (χ1n) is 5.47. The van der Waals surface area contributed by atoms with Crippen LogP contribution in [0.4, 0.5) is 5.82 Å². The molecule has 4 heteroatoms. The maximum Gasteiger partial charge on any atom is 0.130 e. The van der Waals surface area contributed by atoms with Crippen molar-refractivity contribution in [3.05, 3.63) is 23.9 Å². The molecule has 0 spiro atoms. The second-order valence-corrected chi connectivity index (χ2v) is 5.51. The Bertz CT molecular complexity index is 413. The van der Waals surface area contributed by atoms with Gasteiger partial charge in [0.15, 0.2) is 0 Å². The van der Waals surface area contributed by atoms with Crippen LogP contribution in [-0.4, -0.2) is 28.6 Å². The van der Waals surface area contributed by atoms with Crippen LogP contribution in [0.2, 0.25) is 0 Å². The van der Waals surface area contributed by atoms with Gasteiger partial charge in [-0.25, -0.2) is 4.98 Å². The van der Waals surface area contributed by atoms with E-state index in [1.165, 1.54) is 0 Å². The SMILES string of the molecule is CC1SCCN(c2cc(C#N)ccn2)C1C. The predicted octanol–water partition coefficient (Wildman–Crippen LogP) is 2.28. The minimum atomic E-state index is 0.472. The Balaban J connectivity index is 2.26. The fraction of sp³-hybridized carbons (Fsp3) is 0.500. The molecule has 0 aromatic carbocycles. The molecule has 0 saturated carbocycles. The average molecular weight is 233 g/mol. The lowest BCUT2D eigenvalue weighted by Gasteiger charge is -2.38. The van der Waals surface area contributed by atoms with Gasteiger partial charge in [-0.05, 0) is 19.1 Å². The van der Waals surface area contributed by atoms with E-state index in [0.717, 1.165) is 18.1 Å². The number of hydrogen-bond donors (Lipinski definition) is 0. The molecular formula is C12H15N3S. The third-order valence-corrected chi connectivity index (χ3v) is 4.39. The Morgan fingerprint density at radius 3 is 3.12 bits per heavy atom. The van der Waals surface area contributed by atoms with Crippen LogP contribution in [0, 0.1) is 11.3 Å². The highest BCUT2D eigenvalue weighted by atomic mass is 32.2. The maximum atomic E-state index is 8.88. The highest BCUT2D eigenvalue weighted by Gasteiger charge is 2.26. The van der Waals surface area contributed by atoms with E-state index in [1.807, 2.05) is 17.8 Å². The van der Waals surface area contributed by atoms with Crippen molar-refractivity contribution < 1.29 is 0 Å². The molecule has 16 heavy (non-hydrogen) atoms. The minimum absolute atomic E-state index is 0.472. The first-order chi connectivity index (χ1) is 7.72. The van der Waals surface area contributed by atoms with Crippen LogP contribution in [0.5, 0.6) is 0 Å². The van der Waals surface area contributed by atoms with Crippen molar-refractivity contribution >= 4 is 17.6 Å². The van der Waals surface area contributed by atoms with Crippen LogP contribution < -0.4 is 4.90 Å². The molecule has 3 nitrogen and oxygen atoms in total. The third kappa shape index (κ3) is 2.14. The number of nitrogens with zero attached hydrogens (tertiary/aromatic N) is 3. The highest BCUT2D eigenvalue weighted by Crippen LogP contribution is 2.27. The van der Waals surface area contributed by atoms with Crippen molar-refractivity contribution in [2.75, 3.05) is 17.2 Å². The summed E-state index contributed by atoms with van der Waals surface area (Å²) in [6.07, 6.45) is 1.72. The lowest BCUT2D eigenvalue weighted by Crippen LogP contribution is -2.45. The Morgan fingerprint density at radius 1 is 1.56 bits per heavy atom. The summed E-state index contributed by atoms with van der Waals surface area (Å²) in [6.45, 7) is 5.48. The van der Waals surface area contributed by atoms with E-state index in [1.54, 1.807) is 12.3 Å². The number of hydrogen-bond acceptors (Lipinski definition) is 4. The van der Waals surface area contributed by atoms with Gasteiger partial charge in [-0.1, -0.05) is 6.92 Å². The molecule has 1 fully saturated rings. The molecule has 0 N–H and O–H groups in total. The Kier molecular flexibility index (Phi) is 3.35. The van der Waals surface area contributed by atoms with Gasteiger partial charge in [0.2, 0.25) is 0 Å². The molecule has 2 heterocycles. The summed E-state index contributed by atoms with van der Waals surface area (Å²) in [7, 11) is 0. The zero-order chi connectivity index (χ0) is 11.5. The van der Waals surface area contributed by atoms with E-state index >= 15 is 0 Å². The Hall–Kier alpha value is -1.21. The van der Waals surface area contributed by atoms with Crippen molar-refractivity contribution in [2.45, 2.75) is 25.1 Å². The van der Waals surface area contributed by atoms with Gasteiger partial charge in [0.25, 0.3) is 0 Å². The summed E-state index contributed by atoms with van der Waals surface area (Å²) >= 11 is 2.00. The van der Waals surface area contributed by atoms with Gasteiger partial charge in [0.05, 0.1) is 11.6 Å². The second-order valence-electron chi connectivity index (χ2n) is 4.02. The first kappa shape index (κ1) is 11.3. The molecule has 1 aliphatic rings. The molecule has 1 aromatic heterocycles. The molecule has 1 aliphatic heterocycles. The number of thioether (sulfide) groups is 1. The molecule has 2 rings (SSSR count). The number of rotatable bonds is 1. The summed E-state index contributed by atoms with van der Waals surface area (Å²) in [4.78, 5) is 6.66. The van der Waals surface area contributed by atoms with E-state index in [4.69, 9.17) is 5.26 Å². The molecule has 2 atom stereocenters. The fourth-order valence-electron chi connectivity index (χ4n) is 1.90. The lowest BCUT2D eigenvalue weighted by atomic mass is 10.2. The molecule has 0 bridgehead atoms. The molecule has 84 valence electrons. The predicted molar refractivity (Wildman–Crippen MR) is 67.7 cm³/mol. The van der Waals surface area contributed by atoms with E-state index in [0.29, 0.717) is 16.9 Å². The summed E-state index contributed by atoms with van der Waals surface area (Å²) in [6, 6.07) is 6.25. The van der Waals surface area contributed by atoms with Gasteiger partial charge in [-0.3, -0.25) is 0 Å². The van der Waals surface area contributed by atoms with Crippen molar-refractivity contribution in [2.24, 2.45) is 0 Å². The van der Waals surface area contributed by atoms with Crippen molar-refractivity contribution in [3.63, 3.8) is 0 Å². The third-order valence-electron chi connectivity index (χ3n) is 3.05. The van der Waals surface area contributed by atoms with Crippen LogP contribution in [0.3, 0.4) is 0 Å². The largest absolute Gasteiger partial charge is 0.352 e. The van der Waals surface area contributed by atoms with E-state index in [9.17, 15) is 0 Å². The van der Waals surface area contributed by atoms with Gasteiger partial charge < -0.3 is 4.90 Å². The number of aromatic nitrogens is 1. The van der Waals surface area contributed by atoms with Crippen molar-refractivity contribution in [1.29, 1.82) is 5.26 Å². The molecule has 1 saturated heterocycles. The average Bonchev–Trinajstić information content (AvgIpc) is 2.33. The summed E-state index contributed by atoms with van der Waals surface area (Å²) in [5.74, 6) is 2.06. The molecule has 1 aromatic rings. The van der Waals surface area contributed by atoms with Crippen molar-refractivity contribution in [1.82, 2.24) is 4.98 Å². The zero-order valence-electron chi connectivity index (χ0n) is 9.55. The van der Waals surface area contributed by atoms with Gasteiger partial charge in [0, 0.05) is 29.8 Å². The van der Waals surface area contributed by atoms with Crippen LogP contribution in [-0.2, 0) is 0 Å². The molecule has 0 radical (unpaired) electrons. The molecule has 0 amide bonds. The van der Waals surface area contributed by atoms with Crippen LogP contribution in [0.25, 0.3) is 0 Å². The van der Waals surface area contributed by atoms with E-state index in [2.05, 4.69) is 29.8 Å². The maximum absolute atomic E-state index is 8.88. The normalized spacial score (nSPS) is 25.2. The summed E-state index contributed by atoms with van der Waals surface area (Å²) < 4.78 is 0. The molecular weight excluding hydrogens is 218 g/mol. The quantitative estimate of drug-likeness (QED) is 0.746. The second kappa shape index (κ2) is 4.75. The van der Waals surface area contributed by atoms with E-state index < -0.39 is 0 Å².